The molecule has 0 aromatic carbocycles. The topological polar surface area (TPSA) is 34.1 Å². The third-order valence-electron chi connectivity index (χ3n) is 6.07. The van der Waals surface area contributed by atoms with Crippen LogP contribution in [0.5, 0.6) is 0 Å². The lowest BCUT2D eigenvalue weighted by Crippen LogP contribution is -2.54. The summed E-state index contributed by atoms with van der Waals surface area (Å²) < 4.78 is 41.6. The molecule has 0 saturated carbocycles. The van der Waals surface area contributed by atoms with Gasteiger partial charge in [-0.1, -0.05) is 62.3 Å². The first-order chi connectivity index (χ1) is 10.6. The van der Waals surface area contributed by atoms with Crippen LogP contribution in [-0.2, 0) is 9.59 Å². The monoisotopic (exact) mass is 350 g/mol. The molecule has 2 nitrogen and oxygen atoms in total. The number of hydrogen-bond donors (Lipinski definition) is 0. The van der Waals surface area contributed by atoms with Crippen LogP contribution in [-0.4, -0.2) is 17.7 Å². The van der Waals surface area contributed by atoms with Crippen LogP contribution in [0.2, 0.25) is 0 Å². The number of rotatable bonds is 8. The number of Topliss-reactive ketones (excluding diaryl/α,β-unsaturated/α-hetero) is 2. The van der Waals surface area contributed by atoms with E-state index in [1.54, 1.807) is 6.92 Å². The summed E-state index contributed by atoms with van der Waals surface area (Å²) in [5.41, 5.74) is -3.31. The van der Waals surface area contributed by atoms with Crippen LogP contribution in [0.1, 0.15) is 68.7 Å². The van der Waals surface area contributed by atoms with Crippen molar-refractivity contribution in [2.24, 2.45) is 34.5 Å². The quantitative estimate of drug-likeness (QED) is 0.527. The van der Waals surface area contributed by atoms with Crippen molar-refractivity contribution >= 4 is 11.6 Å². The Balaban J connectivity index is 5.94. The Morgan fingerprint density at radius 2 is 1.04 bits per heavy atom. The molecule has 142 valence electrons. The van der Waals surface area contributed by atoms with Crippen LogP contribution in [0, 0.1) is 34.5 Å². The third kappa shape index (κ3) is 3.70. The predicted molar refractivity (Wildman–Crippen MR) is 90.6 cm³/mol. The van der Waals surface area contributed by atoms with Gasteiger partial charge in [0.25, 0.3) is 0 Å². The zero-order chi connectivity index (χ0) is 19.7. The van der Waals surface area contributed by atoms with Crippen LogP contribution in [0.25, 0.3) is 0 Å². The summed E-state index contributed by atoms with van der Waals surface area (Å²) in [6.07, 6.45) is -5.35. The average Bonchev–Trinajstić information content (AvgIpc) is 2.34. The Morgan fingerprint density at radius 3 is 1.25 bits per heavy atom. The fourth-order valence-corrected chi connectivity index (χ4v) is 3.92. The van der Waals surface area contributed by atoms with Crippen molar-refractivity contribution in [1.29, 1.82) is 0 Å². The standard InChI is InChI=1S/C19H33F3O2/c1-11(2)17(9,12(3)4)15(23)10-16(24)18(13(5)6,14(7)8)19(20,21)22/h11-14H,10H2,1-9H3. The SMILES string of the molecule is CC(C)C(C)(C(=O)CC(=O)C(C(C)C)(C(C)C)C(F)(F)F)C(C)C. The van der Waals surface area contributed by atoms with Crippen molar-refractivity contribution in [1.82, 2.24) is 0 Å². The van der Waals surface area contributed by atoms with E-state index in [1.165, 1.54) is 27.7 Å². The molecule has 0 aromatic heterocycles. The van der Waals surface area contributed by atoms with Crippen molar-refractivity contribution in [3.8, 4) is 0 Å². The molecule has 0 unspecified atom stereocenters. The number of ketones is 2. The van der Waals surface area contributed by atoms with Gasteiger partial charge in [-0.3, -0.25) is 9.59 Å². The van der Waals surface area contributed by atoms with Gasteiger partial charge in [0, 0.05) is 5.41 Å². The minimum Gasteiger partial charge on any atom is -0.299 e. The highest BCUT2D eigenvalue weighted by atomic mass is 19.4. The Labute approximate surface area is 144 Å². The molecule has 0 saturated heterocycles. The van der Waals surface area contributed by atoms with Crippen LogP contribution in [0.3, 0.4) is 0 Å². The van der Waals surface area contributed by atoms with Crippen molar-refractivity contribution in [3.05, 3.63) is 0 Å². The van der Waals surface area contributed by atoms with Gasteiger partial charge in [0.05, 0.1) is 6.42 Å². The highest BCUT2D eigenvalue weighted by molar-refractivity contribution is 6.04. The largest absolute Gasteiger partial charge is 0.401 e. The fraction of sp³-hybridized carbons (Fsp3) is 0.895. The van der Waals surface area contributed by atoms with Gasteiger partial charge in [-0.05, 0) is 23.7 Å². The molecule has 0 amide bonds. The first-order valence-electron chi connectivity index (χ1n) is 8.71. The maximum Gasteiger partial charge on any atom is 0.401 e. The molecule has 0 heterocycles. The van der Waals surface area contributed by atoms with E-state index >= 15 is 0 Å². The first kappa shape index (κ1) is 23.1. The van der Waals surface area contributed by atoms with E-state index in [0.29, 0.717) is 0 Å². The molecule has 0 aliphatic rings. The Hall–Kier alpha value is -0.870. The lowest BCUT2D eigenvalue weighted by atomic mass is 9.61. The number of hydrogen-bond acceptors (Lipinski definition) is 2. The number of halogens is 3. The van der Waals surface area contributed by atoms with Gasteiger partial charge in [-0.2, -0.15) is 13.2 Å². The van der Waals surface area contributed by atoms with E-state index in [0.717, 1.165) is 0 Å². The third-order valence-corrected chi connectivity index (χ3v) is 6.07. The summed E-state index contributed by atoms with van der Waals surface area (Å²) in [6, 6.07) is 0. The maximum absolute atomic E-state index is 13.9. The summed E-state index contributed by atoms with van der Waals surface area (Å²) in [7, 11) is 0. The Bertz CT molecular complexity index is 444. The second-order valence-corrected chi connectivity index (χ2v) is 8.29. The smallest absolute Gasteiger partial charge is 0.299 e. The van der Waals surface area contributed by atoms with E-state index in [1.807, 2.05) is 27.7 Å². The molecule has 0 spiro atoms. The molecule has 5 heteroatoms. The predicted octanol–water partition coefficient (Wildman–Crippen LogP) is 5.69. The van der Waals surface area contributed by atoms with E-state index < -0.39 is 46.8 Å². The molecule has 0 fully saturated rings. The van der Waals surface area contributed by atoms with Crippen molar-refractivity contribution in [3.63, 3.8) is 0 Å². The summed E-state index contributed by atoms with van der Waals surface area (Å²) in [5, 5.41) is 0. The van der Waals surface area contributed by atoms with Crippen LogP contribution in [0.4, 0.5) is 13.2 Å². The molecule has 0 bridgehead atoms. The minimum atomic E-state index is -4.68. The molecular formula is C19H33F3O2. The zero-order valence-corrected chi connectivity index (χ0v) is 16.5. The summed E-state index contributed by atoms with van der Waals surface area (Å²) in [5.74, 6) is -3.37. The van der Waals surface area contributed by atoms with Gasteiger partial charge in [-0.15, -0.1) is 0 Å². The van der Waals surface area contributed by atoms with Crippen molar-refractivity contribution in [2.75, 3.05) is 0 Å². The number of carbonyl (C=O) groups excluding carboxylic acids is 2. The van der Waals surface area contributed by atoms with Gasteiger partial charge in [0.15, 0.2) is 5.78 Å². The summed E-state index contributed by atoms with van der Waals surface area (Å²) in [6.45, 7) is 14.8. The van der Waals surface area contributed by atoms with E-state index in [-0.39, 0.29) is 11.8 Å². The van der Waals surface area contributed by atoms with Gasteiger partial charge in [0.1, 0.15) is 11.2 Å². The molecule has 0 N–H and O–H groups in total. The number of alkyl halides is 3. The molecule has 0 atom stereocenters. The average molecular weight is 350 g/mol. The van der Waals surface area contributed by atoms with E-state index in [2.05, 4.69) is 0 Å². The van der Waals surface area contributed by atoms with E-state index in [9.17, 15) is 22.8 Å². The molecule has 0 aromatic rings. The van der Waals surface area contributed by atoms with Gasteiger partial charge < -0.3 is 0 Å². The lowest BCUT2D eigenvalue weighted by molar-refractivity contribution is -0.246. The van der Waals surface area contributed by atoms with Gasteiger partial charge >= 0.3 is 6.18 Å². The normalized spacial score (nSPS) is 14.2. The Kier molecular flexibility index (Phi) is 7.29. The molecule has 0 radical (unpaired) electrons. The molecule has 0 aliphatic carbocycles. The molecule has 0 aliphatic heterocycles. The molecule has 24 heavy (non-hydrogen) atoms. The zero-order valence-electron chi connectivity index (χ0n) is 16.5. The second kappa shape index (κ2) is 7.57. The van der Waals surface area contributed by atoms with Crippen LogP contribution < -0.4 is 0 Å². The highest BCUT2D eigenvalue weighted by Crippen LogP contribution is 2.51. The van der Waals surface area contributed by atoms with Crippen LogP contribution >= 0.6 is 0 Å². The summed E-state index contributed by atoms with van der Waals surface area (Å²) >= 11 is 0. The van der Waals surface area contributed by atoms with Crippen molar-refractivity contribution < 1.29 is 22.8 Å². The van der Waals surface area contributed by atoms with Crippen molar-refractivity contribution in [2.45, 2.75) is 74.9 Å². The first-order valence-corrected chi connectivity index (χ1v) is 8.71. The Morgan fingerprint density at radius 1 is 0.708 bits per heavy atom. The van der Waals surface area contributed by atoms with Gasteiger partial charge in [-0.25, -0.2) is 0 Å². The minimum absolute atomic E-state index is 0.0591. The van der Waals surface area contributed by atoms with Gasteiger partial charge in [0.2, 0.25) is 0 Å². The molecule has 0 rings (SSSR count). The summed E-state index contributed by atoms with van der Waals surface area (Å²) in [4.78, 5) is 25.5. The fourth-order valence-electron chi connectivity index (χ4n) is 3.92. The maximum atomic E-state index is 13.9. The second-order valence-electron chi connectivity index (χ2n) is 8.29. The highest BCUT2D eigenvalue weighted by Gasteiger charge is 2.63. The van der Waals surface area contributed by atoms with E-state index in [4.69, 9.17) is 0 Å². The molecular weight excluding hydrogens is 317 g/mol. The lowest BCUT2D eigenvalue weighted by Gasteiger charge is -2.42. The number of carbonyl (C=O) groups is 2. The van der Waals surface area contributed by atoms with Crippen LogP contribution in [0.15, 0.2) is 0 Å².